The van der Waals surface area contributed by atoms with Gasteiger partial charge < -0.3 is 10.2 Å². The maximum Gasteiger partial charge on any atom is 0.276 e. The molecule has 3 heterocycles. The van der Waals surface area contributed by atoms with Gasteiger partial charge >= 0.3 is 0 Å². The topological polar surface area (TPSA) is 75.2 Å². The van der Waals surface area contributed by atoms with E-state index >= 15 is 0 Å². The lowest BCUT2D eigenvalue weighted by Crippen LogP contribution is -2.36. The number of aryl methyl sites for hydroxylation is 1. The standard InChI is InChI=1S/C22H20N4O2/c27-21(25-15-16-7-10-23-11-8-16)18-9-12-24-19(14-18)22(28)26-13-3-5-17-4-1-2-6-20(17)26/h1-2,4,6-12,14H,3,5,13,15H2,(H,25,27). The summed E-state index contributed by atoms with van der Waals surface area (Å²) in [5.41, 5.74) is 3.73. The minimum absolute atomic E-state index is 0.184. The SMILES string of the molecule is O=C(NCc1ccncc1)c1ccnc(C(=O)N2CCCc3ccccc32)c1. The van der Waals surface area contributed by atoms with E-state index in [0.717, 1.165) is 29.7 Å². The summed E-state index contributed by atoms with van der Waals surface area (Å²) in [6.45, 7) is 1.04. The molecule has 0 atom stereocenters. The van der Waals surface area contributed by atoms with Crippen molar-refractivity contribution in [1.82, 2.24) is 15.3 Å². The van der Waals surface area contributed by atoms with Gasteiger partial charge in [-0.1, -0.05) is 18.2 Å². The first-order chi connectivity index (χ1) is 13.7. The van der Waals surface area contributed by atoms with E-state index in [-0.39, 0.29) is 17.5 Å². The summed E-state index contributed by atoms with van der Waals surface area (Å²) < 4.78 is 0. The van der Waals surface area contributed by atoms with Crippen molar-refractivity contribution in [2.24, 2.45) is 0 Å². The molecule has 2 amide bonds. The monoisotopic (exact) mass is 372 g/mol. The number of para-hydroxylation sites is 1. The number of carbonyl (C=O) groups excluding carboxylic acids is 2. The van der Waals surface area contributed by atoms with Crippen molar-refractivity contribution in [2.45, 2.75) is 19.4 Å². The molecule has 0 aliphatic carbocycles. The van der Waals surface area contributed by atoms with Crippen molar-refractivity contribution < 1.29 is 9.59 Å². The molecular weight excluding hydrogens is 352 g/mol. The number of rotatable bonds is 4. The molecule has 3 aromatic rings. The molecule has 0 saturated carbocycles. The molecule has 0 spiro atoms. The van der Waals surface area contributed by atoms with Crippen LogP contribution in [0.25, 0.3) is 0 Å². The number of fused-ring (bicyclic) bond motifs is 1. The fraction of sp³-hybridized carbons (Fsp3) is 0.182. The summed E-state index contributed by atoms with van der Waals surface area (Å²) in [5, 5.41) is 2.86. The van der Waals surface area contributed by atoms with Gasteiger partial charge in [0.05, 0.1) is 0 Å². The first-order valence-corrected chi connectivity index (χ1v) is 9.25. The first kappa shape index (κ1) is 17.9. The van der Waals surface area contributed by atoms with Crippen molar-refractivity contribution in [1.29, 1.82) is 0 Å². The van der Waals surface area contributed by atoms with Crippen LogP contribution < -0.4 is 10.2 Å². The predicted octanol–water partition coefficient (Wildman–Crippen LogP) is 3.00. The average molecular weight is 372 g/mol. The van der Waals surface area contributed by atoms with Gasteiger partial charge in [0.15, 0.2) is 0 Å². The quantitative estimate of drug-likeness (QED) is 0.764. The fourth-order valence-corrected chi connectivity index (χ4v) is 3.36. The second-order valence-electron chi connectivity index (χ2n) is 6.66. The highest BCUT2D eigenvalue weighted by Crippen LogP contribution is 2.27. The van der Waals surface area contributed by atoms with Gasteiger partial charge in [0.25, 0.3) is 11.8 Å². The van der Waals surface area contributed by atoms with Crippen molar-refractivity contribution in [2.75, 3.05) is 11.4 Å². The number of nitrogens with one attached hydrogen (secondary N) is 1. The molecule has 4 rings (SSSR count). The van der Waals surface area contributed by atoms with Crippen LogP contribution >= 0.6 is 0 Å². The molecule has 0 fully saturated rings. The molecule has 1 aromatic carbocycles. The number of pyridine rings is 2. The van der Waals surface area contributed by atoms with Crippen LogP contribution in [-0.2, 0) is 13.0 Å². The molecule has 1 N–H and O–H groups in total. The highest BCUT2D eigenvalue weighted by molar-refractivity contribution is 6.07. The minimum Gasteiger partial charge on any atom is -0.348 e. The molecule has 0 bridgehead atoms. The van der Waals surface area contributed by atoms with E-state index in [1.807, 2.05) is 36.4 Å². The van der Waals surface area contributed by atoms with Crippen LogP contribution in [0.4, 0.5) is 5.69 Å². The van der Waals surface area contributed by atoms with Crippen LogP contribution in [0.15, 0.2) is 67.1 Å². The molecule has 28 heavy (non-hydrogen) atoms. The Morgan fingerprint density at radius 3 is 2.71 bits per heavy atom. The largest absolute Gasteiger partial charge is 0.348 e. The van der Waals surface area contributed by atoms with Gasteiger partial charge in [-0.2, -0.15) is 0 Å². The van der Waals surface area contributed by atoms with Crippen LogP contribution in [0.1, 0.15) is 38.4 Å². The molecule has 1 aliphatic rings. The van der Waals surface area contributed by atoms with Crippen molar-refractivity contribution >= 4 is 17.5 Å². The Bertz CT molecular complexity index is 1000. The van der Waals surface area contributed by atoms with E-state index in [1.165, 1.54) is 6.20 Å². The predicted molar refractivity (Wildman–Crippen MR) is 106 cm³/mol. The number of aromatic nitrogens is 2. The zero-order chi connectivity index (χ0) is 19.3. The van der Waals surface area contributed by atoms with E-state index in [2.05, 4.69) is 15.3 Å². The number of hydrogen-bond donors (Lipinski definition) is 1. The Morgan fingerprint density at radius 2 is 1.86 bits per heavy atom. The van der Waals surface area contributed by atoms with Crippen molar-refractivity contribution in [3.05, 3.63) is 89.5 Å². The Balaban J connectivity index is 1.51. The number of carbonyl (C=O) groups is 2. The lowest BCUT2D eigenvalue weighted by atomic mass is 10.0. The number of anilines is 1. The third-order valence-electron chi connectivity index (χ3n) is 4.80. The Kier molecular flexibility index (Phi) is 5.10. The van der Waals surface area contributed by atoms with Crippen LogP contribution in [0.5, 0.6) is 0 Å². The molecule has 140 valence electrons. The van der Waals surface area contributed by atoms with E-state index in [4.69, 9.17) is 0 Å². The van der Waals surface area contributed by atoms with E-state index < -0.39 is 0 Å². The van der Waals surface area contributed by atoms with Crippen LogP contribution in [0.2, 0.25) is 0 Å². The number of amides is 2. The molecule has 0 unspecified atom stereocenters. The van der Waals surface area contributed by atoms with Crippen LogP contribution in [-0.4, -0.2) is 28.3 Å². The maximum atomic E-state index is 13.0. The third-order valence-corrected chi connectivity index (χ3v) is 4.80. The van der Waals surface area contributed by atoms with Gasteiger partial charge in [-0.05, 0) is 54.3 Å². The van der Waals surface area contributed by atoms with Crippen molar-refractivity contribution in [3.63, 3.8) is 0 Å². The zero-order valence-corrected chi connectivity index (χ0v) is 15.3. The molecule has 6 heteroatoms. The zero-order valence-electron chi connectivity index (χ0n) is 15.3. The van der Waals surface area contributed by atoms with E-state index in [0.29, 0.717) is 18.7 Å². The molecule has 0 saturated heterocycles. The lowest BCUT2D eigenvalue weighted by molar-refractivity contribution is 0.0950. The summed E-state index contributed by atoms with van der Waals surface area (Å²) in [4.78, 5) is 35.4. The molecular formula is C22H20N4O2. The Labute approximate surface area is 163 Å². The average Bonchev–Trinajstić information content (AvgIpc) is 2.77. The Morgan fingerprint density at radius 1 is 1.04 bits per heavy atom. The van der Waals surface area contributed by atoms with Gasteiger partial charge in [-0.15, -0.1) is 0 Å². The second-order valence-corrected chi connectivity index (χ2v) is 6.66. The van der Waals surface area contributed by atoms with Crippen LogP contribution in [0.3, 0.4) is 0 Å². The smallest absolute Gasteiger partial charge is 0.276 e. The summed E-state index contributed by atoms with van der Waals surface area (Å²) in [5.74, 6) is -0.428. The summed E-state index contributed by atoms with van der Waals surface area (Å²) in [7, 11) is 0. The van der Waals surface area contributed by atoms with Gasteiger partial charge in [0.2, 0.25) is 0 Å². The minimum atomic E-state index is -0.243. The van der Waals surface area contributed by atoms with E-state index in [1.54, 1.807) is 29.4 Å². The Hall–Kier alpha value is -3.54. The lowest BCUT2D eigenvalue weighted by Gasteiger charge is -2.29. The second kappa shape index (κ2) is 8.00. The first-order valence-electron chi connectivity index (χ1n) is 9.25. The highest BCUT2D eigenvalue weighted by atomic mass is 16.2. The molecule has 1 aliphatic heterocycles. The third kappa shape index (κ3) is 3.76. The summed E-state index contributed by atoms with van der Waals surface area (Å²) in [6.07, 6.45) is 6.74. The van der Waals surface area contributed by atoms with Gasteiger partial charge in [-0.25, -0.2) is 0 Å². The van der Waals surface area contributed by atoms with Crippen molar-refractivity contribution in [3.8, 4) is 0 Å². The van der Waals surface area contributed by atoms with Gasteiger partial charge in [0.1, 0.15) is 5.69 Å². The summed E-state index contributed by atoms with van der Waals surface area (Å²) >= 11 is 0. The summed E-state index contributed by atoms with van der Waals surface area (Å²) in [6, 6.07) is 14.8. The van der Waals surface area contributed by atoms with Gasteiger partial charge in [-0.3, -0.25) is 19.6 Å². The highest BCUT2D eigenvalue weighted by Gasteiger charge is 2.24. The number of nitrogens with zero attached hydrogens (tertiary/aromatic N) is 3. The number of hydrogen-bond acceptors (Lipinski definition) is 4. The molecule has 6 nitrogen and oxygen atoms in total. The normalized spacial score (nSPS) is 12.9. The fourth-order valence-electron chi connectivity index (χ4n) is 3.36. The number of benzene rings is 1. The maximum absolute atomic E-state index is 13.0. The molecule has 2 aromatic heterocycles. The van der Waals surface area contributed by atoms with E-state index in [9.17, 15) is 9.59 Å². The molecule has 0 radical (unpaired) electrons. The van der Waals surface area contributed by atoms with Crippen LogP contribution in [0, 0.1) is 0 Å². The van der Waals surface area contributed by atoms with Gasteiger partial charge in [0, 0.05) is 42.9 Å².